The van der Waals surface area contributed by atoms with Crippen molar-refractivity contribution in [1.29, 1.82) is 0 Å². The van der Waals surface area contributed by atoms with Crippen LogP contribution in [-0.2, 0) is 0 Å². The molecule has 0 saturated heterocycles. The maximum atomic E-state index is 13.2. The molecular weight excluding hydrogens is 617 g/mol. The number of rotatable bonds is 4. The average Bonchev–Trinajstić information content (AvgIpc) is 3.11. The summed E-state index contributed by atoms with van der Waals surface area (Å²) in [7, 11) is 0. The Morgan fingerprint density at radius 1 is 1.10 bits per heavy atom. The van der Waals surface area contributed by atoms with Crippen molar-refractivity contribution in [2.75, 3.05) is 5.32 Å². The summed E-state index contributed by atoms with van der Waals surface area (Å²) in [6, 6.07) is 12.0. The Bertz CT molecular complexity index is 1370. The van der Waals surface area contributed by atoms with E-state index < -0.39 is 11.8 Å². The van der Waals surface area contributed by atoms with Gasteiger partial charge in [0.2, 0.25) is 0 Å². The standard InChI is InChI=1S/C20H11Br3ClN5O2/c21-10-3-4-11-9(6-10)7-12(18(25)30)17(16(11)23)27-20(31)14-8-15(22)28-29(14)19-13(24)2-1-5-26-19/h1-8H,(H2,25,30)(H,27,31). The lowest BCUT2D eigenvalue weighted by Crippen LogP contribution is -2.21. The lowest BCUT2D eigenvalue weighted by molar-refractivity contribution is 0.100. The number of carbonyl (C=O) groups excluding carboxylic acids is 2. The minimum absolute atomic E-state index is 0.158. The molecule has 0 radical (unpaired) electrons. The molecule has 7 nitrogen and oxygen atoms in total. The van der Waals surface area contributed by atoms with Gasteiger partial charge in [0.05, 0.1) is 16.3 Å². The lowest BCUT2D eigenvalue weighted by atomic mass is 10.0. The highest BCUT2D eigenvalue weighted by atomic mass is 79.9. The van der Waals surface area contributed by atoms with Gasteiger partial charge in [0, 0.05) is 21.2 Å². The topological polar surface area (TPSA) is 103 Å². The lowest BCUT2D eigenvalue weighted by Gasteiger charge is -2.15. The van der Waals surface area contributed by atoms with Crippen molar-refractivity contribution in [2.24, 2.45) is 5.73 Å². The third-order valence-corrected chi connectivity index (χ3v) is 6.39. The number of benzene rings is 2. The van der Waals surface area contributed by atoms with Gasteiger partial charge in [-0.1, -0.05) is 33.6 Å². The summed E-state index contributed by atoms with van der Waals surface area (Å²) in [4.78, 5) is 29.6. The fourth-order valence-corrected chi connectivity index (χ4v) is 4.67. The van der Waals surface area contributed by atoms with E-state index in [0.29, 0.717) is 14.1 Å². The SMILES string of the molecule is NC(=O)c1cc2cc(Br)ccc2c(Br)c1NC(=O)c1cc(Br)nn1-c1ncccc1Cl. The van der Waals surface area contributed by atoms with Crippen LogP contribution in [0.3, 0.4) is 0 Å². The van der Waals surface area contributed by atoms with Crippen LogP contribution in [0.15, 0.2) is 62.2 Å². The number of primary amides is 1. The largest absolute Gasteiger partial charge is 0.366 e. The first-order chi connectivity index (χ1) is 14.8. The molecule has 11 heteroatoms. The fourth-order valence-electron chi connectivity index (χ4n) is 3.04. The number of aromatic nitrogens is 3. The molecule has 2 heterocycles. The van der Waals surface area contributed by atoms with E-state index >= 15 is 0 Å². The number of pyridine rings is 1. The van der Waals surface area contributed by atoms with Gasteiger partial charge in [-0.25, -0.2) is 9.67 Å². The first-order valence-electron chi connectivity index (χ1n) is 8.65. The molecule has 0 fully saturated rings. The first-order valence-corrected chi connectivity index (χ1v) is 11.4. The van der Waals surface area contributed by atoms with Gasteiger partial charge in [0.15, 0.2) is 5.82 Å². The maximum absolute atomic E-state index is 13.2. The molecule has 2 aromatic heterocycles. The van der Waals surface area contributed by atoms with Crippen molar-refractivity contribution in [2.45, 2.75) is 0 Å². The van der Waals surface area contributed by atoms with Crippen molar-refractivity contribution in [3.63, 3.8) is 0 Å². The van der Waals surface area contributed by atoms with E-state index in [2.05, 4.69) is 63.2 Å². The molecule has 4 rings (SSSR count). The number of halogens is 4. The Hall–Kier alpha value is -2.27. The zero-order chi connectivity index (χ0) is 22.3. The number of nitrogens with one attached hydrogen (secondary N) is 1. The fraction of sp³-hybridized carbons (Fsp3) is 0. The highest BCUT2D eigenvalue weighted by Gasteiger charge is 2.23. The van der Waals surface area contributed by atoms with E-state index in [1.807, 2.05) is 18.2 Å². The highest BCUT2D eigenvalue weighted by molar-refractivity contribution is 9.11. The van der Waals surface area contributed by atoms with Gasteiger partial charge in [-0.2, -0.15) is 5.10 Å². The number of carbonyl (C=O) groups is 2. The van der Waals surface area contributed by atoms with Crippen molar-refractivity contribution >= 4 is 87.7 Å². The van der Waals surface area contributed by atoms with Crippen LogP contribution in [-0.4, -0.2) is 26.6 Å². The van der Waals surface area contributed by atoms with Gasteiger partial charge in [0.25, 0.3) is 11.8 Å². The second-order valence-corrected chi connectivity index (χ2v) is 9.30. The highest BCUT2D eigenvalue weighted by Crippen LogP contribution is 2.36. The Balaban J connectivity index is 1.82. The molecule has 2 aromatic carbocycles. The van der Waals surface area contributed by atoms with Crippen LogP contribution < -0.4 is 11.1 Å². The Kier molecular flexibility index (Phi) is 6.16. The van der Waals surface area contributed by atoms with Crippen LogP contribution in [0, 0.1) is 0 Å². The first kappa shape index (κ1) is 21.9. The van der Waals surface area contributed by atoms with Crippen molar-refractivity contribution in [3.05, 3.63) is 78.5 Å². The van der Waals surface area contributed by atoms with E-state index in [0.717, 1.165) is 15.2 Å². The number of fused-ring (bicyclic) bond motifs is 1. The van der Waals surface area contributed by atoms with Gasteiger partial charge in [-0.3, -0.25) is 9.59 Å². The summed E-state index contributed by atoms with van der Waals surface area (Å²) in [6.07, 6.45) is 1.54. The number of hydrogen-bond acceptors (Lipinski definition) is 4. The monoisotopic (exact) mass is 625 g/mol. The predicted molar refractivity (Wildman–Crippen MR) is 130 cm³/mol. The molecule has 0 bridgehead atoms. The second kappa shape index (κ2) is 8.70. The molecule has 0 saturated carbocycles. The van der Waals surface area contributed by atoms with E-state index in [-0.39, 0.29) is 22.8 Å². The Labute approximate surface area is 206 Å². The van der Waals surface area contributed by atoms with Crippen LogP contribution >= 0.6 is 59.4 Å². The normalized spacial score (nSPS) is 11.0. The molecule has 4 aromatic rings. The van der Waals surface area contributed by atoms with Crippen LogP contribution in [0.1, 0.15) is 20.8 Å². The van der Waals surface area contributed by atoms with E-state index in [1.54, 1.807) is 24.4 Å². The molecular formula is C20H11Br3ClN5O2. The molecule has 2 amide bonds. The molecule has 31 heavy (non-hydrogen) atoms. The third kappa shape index (κ3) is 4.25. The van der Waals surface area contributed by atoms with Gasteiger partial charge in [-0.15, -0.1) is 0 Å². The Morgan fingerprint density at radius 3 is 2.58 bits per heavy atom. The Morgan fingerprint density at radius 2 is 1.87 bits per heavy atom. The number of hydrogen-bond donors (Lipinski definition) is 2. The molecule has 0 aliphatic heterocycles. The molecule has 0 aliphatic rings. The number of amides is 2. The summed E-state index contributed by atoms with van der Waals surface area (Å²) in [6.45, 7) is 0. The summed E-state index contributed by atoms with van der Waals surface area (Å²) >= 11 is 16.4. The van der Waals surface area contributed by atoms with Gasteiger partial charge in [-0.05, 0) is 73.0 Å². The number of nitrogens with two attached hydrogens (primary N) is 1. The molecule has 0 unspecified atom stereocenters. The summed E-state index contributed by atoms with van der Waals surface area (Å²) in [5.74, 6) is -0.919. The predicted octanol–water partition coefficient (Wildman–Crippen LogP) is 5.71. The minimum atomic E-state index is -0.680. The smallest absolute Gasteiger partial charge is 0.274 e. The van der Waals surface area contributed by atoms with Crippen LogP contribution in [0.5, 0.6) is 0 Å². The summed E-state index contributed by atoms with van der Waals surface area (Å²) in [5.41, 5.74) is 6.17. The van der Waals surface area contributed by atoms with Crippen molar-refractivity contribution in [3.8, 4) is 5.82 Å². The summed E-state index contributed by atoms with van der Waals surface area (Å²) in [5, 5.41) is 8.93. The molecule has 156 valence electrons. The second-order valence-electron chi connectivity index (χ2n) is 6.37. The maximum Gasteiger partial charge on any atom is 0.274 e. The number of anilines is 1. The molecule has 0 atom stereocenters. The average molecular weight is 629 g/mol. The number of nitrogens with zero attached hydrogens (tertiary/aromatic N) is 3. The molecule has 3 N–H and O–H groups in total. The summed E-state index contributed by atoms with van der Waals surface area (Å²) < 4.78 is 3.11. The van der Waals surface area contributed by atoms with Crippen LogP contribution in [0.25, 0.3) is 16.6 Å². The van der Waals surface area contributed by atoms with E-state index in [4.69, 9.17) is 17.3 Å². The van der Waals surface area contributed by atoms with Crippen molar-refractivity contribution in [1.82, 2.24) is 14.8 Å². The van der Waals surface area contributed by atoms with Crippen LogP contribution in [0.4, 0.5) is 5.69 Å². The molecule has 0 spiro atoms. The molecule has 0 aliphatic carbocycles. The van der Waals surface area contributed by atoms with E-state index in [9.17, 15) is 9.59 Å². The minimum Gasteiger partial charge on any atom is -0.366 e. The van der Waals surface area contributed by atoms with Crippen LogP contribution in [0.2, 0.25) is 5.02 Å². The zero-order valence-electron chi connectivity index (χ0n) is 15.4. The zero-order valence-corrected chi connectivity index (χ0v) is 20.9. The quantitative estimate of drug-likeness (QED) is 0.302. The van der Waals surface area contributed by atoms with Gasteiger partial charge < -0.3 is 11.1 Å². The third-order valence-electron chi connectivity index (χ3n) is 4.39. The van der Waals surface area contributed by atoms with Crippen molar-refractivity contribution < 1.29 is 9.59 Å². The van der Waals surface area contributed by atoms with E-state index in [1.165, 1.54) is 10.7 Å². The van der Waals surface area contributed by atoms with Gasteiger partial charge in [0.1, 0.15) is 10.3 Å². The van der Waals surface area contributed by atoms with Gasteiger partial charge >= 0.3 is 0 Å².